The molecule has 3 aromatic rings. The number of hydrogen-bond acceptors (Lipinski definition) is 3. The van der Waals surface area contributed by atoms with Crippen molar-refractivity contribution in [1.82, 2.24) is 5.01 Å². The van der Waals surface area contributed by atoms with Gasteiger partial charge >= 0.3 is 0 Å². The molecule has 29 heavy (non-hydrogen) atoms. The van der Waals surface area contributed by atoms with E-state index >= 15 is 0 Å². The lowest BCUT2D eigenvalue weighted by atomic mass is 9.99. The molecule has 0 aliphatic carbocycles. The number of amidine groups is 1. The number of benzene rings is 3. The van der Waals surface area contributed by atoms with Crippen molar-refractivity contribution < 1.29 is 0 Å². The molecule has 5 heteroatoms. The third kappa shape index (κ3) is 3.89. The molecule has 0 spiro atoms. The van der Waals surface area contributed by atoms with Crippen molar-refractivity contribution in [3.8, 4) is 0 Å². The molecule has 0 amide bonds. The van der Waals surface area contributed by atoms with E-state index in [0.29, 0.717) is 23.4 Å². The Morgan fingerprint density at radius 3 is 2.00 bits per heavy atom. The Hall–Kier alpha value is -3.50. The summed E-state index contributed by atoms with van der Waals surface area (Å²) in [5, 5.41) is 23.9. The van der Waals surface area contributed by atoms with Crippen LogP contribution >= 0.6 is 11.6 Å². The van der Waals surface area contributed by atoms with Crippen LogP contribution in [-0.2, 0) is 6.54 Å². The Kier molecular flexibility index (Phi) is 5.36. The van der Waals surface area contributed by atoms with Crippen LogP contribution in [0.15, 0.2) is 107 Å². The van der Waals surface area contributed by atoms with E-state index < -0.39 is 0 Å². The van der Waals surface area contributed by atoms with Gasteiger partial charge in [-0.15, -0.1) is 0 Å². The number of nitrogens with one attached hydrogen (secondary N) is 2. The van der Waals surface area contributed by atoms with Gasteiger partial charge in [-0.3, -0.25) is 10.8 Å². The van der Waals surface area contributed by atoms with Gasteiger partial charge in [-0.1, -0.05) is 103 Å². The number of rotatable bonds is 5. The van der Waals surface area contributed by atoms with Gasteiger partial charge in [-0.25, -0.2) is 5.01 Å². The van der Waals surface area contributed by atoms with E-state index in [9.17, 15) is 0 Å². The highest BCUT2D eigenvalue weighted by Crippen LogP contribution is 2.28. The molecule has 142 valence electrons. The predicted octanol–water partition coefficient (Wildman–Crippen LogP) is 5.44. The summed E-state index contributed by atoms with van der Waals surface area (Å²) >= 11 is 6.69. The summed E-state index contributed by atoms with van der Waals surface area (Å²) < 4.78 is 0. The number of hydrazone groups is 1. The second-order valence-electron chi connectivity index (χ2n) is 6.64. The highest BCUT2D eigenvalue weighted by Gasteiger charge is 2.31. The maximum absolute atomic E-state index is 8.75. The van der Waals surface area contributed by atoms with Crippen LogP contribution in [0.4, 0.5) is 0 Å². The largest absolute Gasteiger partial charge is 0.299 e. The van der Waals surface area contributed by atoms with Gasteiger partial charge < -0.3 is 0 Å². The van der Waals surface area contributed by atoms with E-state index in [-0.39, 0.29) is 16.6 Å². The first kappa shape index (κ1) is 18.8. The van der Waals surface area contributed by atoms with Gasteiger partial charge in [0.05, 0.1) is 22.9 Å². The molecular formula is C24H19ClN4. The fourth-order valence-electron chi connectivity index (χ4n) is 3.20. The van der Waals surface area contributed by atoms with Gasteiger partial charge in [0.15, 0.2) is 5.84 Å². The lowest BCUT2D eigenvalue weighted by Crippen LogP contribution is -2.22. The third-order valence-corrected chi connectivity index (χ3v) is 5.05. The number of halogens is 1. The Labute approximate surface area is 174 Å². The molecule has 4 rings (SSSR count). The van der Waals surface area contributed by atoms with E-state index in [1.54, 1.807) is 5.01 Å². The molecule has 0 atom stereocenters. The maximum Gasteiger partial charge on any atom is 0.152 e. The maximum atomic E-state index is 8.75. The molecule has 0 fully saturated rings. The summed E-state index contributed by atoms with van der Waals surface area (Å²) in [5.74, 6) is 0.193. The molecule has 0 aromatic heterocycles. The van der Waals surface area contributed by atoms with E-state index in [0.717, 1.165) is 11.1 Å². The molecule has 1 heterocycles. The average Bonchev–Trinajstić information content (AvgIpc) is 3.10. The summed E-state index contributed by atoms with van der Waals surface area (Å²) in [6.07, 6.45) is 0. The molecule has 0 radical (unpaired) electrons. The highest BCUT2D eigenvalue weighted by atomic mass is 35.5. The molecule has 2 N–H and O–H groups in total. The fourth-order valence-corrected chi connectivity index (χ4v) is 3.48. The van der Waals surface area contributed by atoms with Crippen molar-refractivity contribution in [3.63, 3.8) is 0 Å². The van der Waals surface area contributed by atoms with Crippen molar-refractivity contribution in [2.75, 3.05) is 0 Å². The van der Waals surface area contributed by atoms with Crippen LogP contribution in [0.1, 0.15) is 16.7 Å². The molecular weight excluding hydrogens is 380 g/mol. The smallest absolute Gasteiger partial charge is 0.152 e. The van der Waals surface area contributed by atoms with Gasteiger partial charge in [-0.2, -0.15) is 5.10 Å². The standard InChI is InChI=1S/C24H19ClN4/c25-21(22(26)18-12-6-2-7-13-18)20-23(19-14-8-3-9-15-19)28-29(24(20)27)16-17-10-4-1-5-11-17/h1-15,26-27H,16H2/b21-20+,26-22?,27-24?. The zero-order valence-electron chi connectivity index (χ0n) is 15.6. The summed E-state index contributed by atoms with van der Waals surface area (Å²) in [5.41, 5.74) is 3.87. The molecule has 0 saturated carbocycles. The SMILES string of the molecule is N=C(/C(Cl)=C1\C(=N)N(Cc2ccccc2)N=C1c1ccccc1)c1ccccc1. The summed E-state index contributed by atoms with van der Waals surface area (Å²) in [6.45, 7) is 0.461. The predicted molar refractivity (Wildman–Crippen MR) is 119 cm³/mol. The molecule has 1 aliphatic rings. The van der Waals surface area contributed by atoms with Crippen LogP contribution in [0.2, 0.25) is 0 Å². The van der Waals surface area contributed by atoms with Crippen molar-refractivity contribution in [3.05, 3.63) is 118 Å². The summed E-state index contributed by atoms with van der Waals surface area (Å²) in [6, 6.07) is 28.9. The van der Waals surface area contributed by atoms with Crippen LogP contribution < -0.4 is 0 Å². The van der Waals surface area contributed by atoms with Crippen LogP contribution in [-0.4, -0.2) is 22.3 Å². The topological polar surface area (TPSA) is 63.3 Å². The van der Waals surface area contributed by atoms with Crippen LogP contribution in [0.5, 0.6) is 0 Å². The number of allylic oxidation sites excluding steroid dienone is 1. The Balaban J connectivity index is 1.77. The minimum absolute atomic E-state index is 0.178. The van der Waals surface area contributed by atoms with Gasteiger partial charge in [0, 0.05) is 11.1 Å². The van der Waals surface area contributed by atoms with Crippen LogP contribution in [0.25, 0.3) is 0 Å². The quantitative estimate of drug-likeness (QED) is 0.552. The molecule has 3 aromatic carbocycles. The molecule has 4 nitrogen and oxygen atoms in total. The first-order valence-corrected chi connectivity index (χ1v) is 9.62. The van der Waals surface area contributed by atoms with Crippen LogP contribution in [0.3, 0.4) is 0 Å². The Morgan fingerprint density at radius 2 is 1.38 bits per heavy atom. The second-order valence-corrected chi connectivity index (χ2v) is 7.01. The van der Waals surface area contributed by atoms with Crippen molar-refractivity contribution in [2.45, 2.75) is 6.54 Å². The van der Waals surface area contributed by atoms with E-state index in [4.69, 9.17) is 27.5 Å². The average molecular weight is 399 g/mol. The van der Waals surface area contributed by atoms with Gasteiger partial charge in [0.25, 0.3) is 0 Å². The fraction of sp³-hybridized carbons (Fsp3) is 0.0417. The van der Waals surface area contributed by atoms with Crippen LogP contribution in [0, 0.1) is 10.8 Å². The molecule has 0 unspecified atom stereocenters. The first-order valence-electron chi connectivity index (χ1n) is 9.24. The van der Waals surface area contributed by atoms with Gasteiger partial charge in [0.2, 0.25) is 0 Å². The molecule has 0 saturated heterocycles. The minimum Gasteiger partial charge on any atom is -0.299 e. The Morgan fingerprint density at radius 1 is 0.828 bits per heavy atom. The van der Waals surface area contributed by atoms with Crippen molar-refractivity contribution >= 4 is 28.9 Å². The minimum atomic E-state index is 0.178. The molecule has 0 bridgehead atoms. The lowest BCUT2D eigenvalue weighted by molar-refractivity contribution is 0.448. The second kappa shape index (κ2) is 8.25. The number of hydrogen-bond donors (Lipinski definition) is 2. The number of nitrogens with zero attached hydrogens (tertiary/aromatic N) is 2. The van der Waals surface area contributed by atoms with Crippen molar-refractivity contribution in [2.24, 2.45) is 5.10 Å². The lowest BCUT2D eigenvalue weighted by Gasteiger charge is -2.15. The first-order chi connectivity index (χ1) is 14.1. The van der Waals surface area contributed by atoms with E-state index in [1.165, 1.54) is 0 Å². The van der Waals surface area contributed by atoms with E-state index in [1.807, 2.05) is 91.0 Å². The summed E-state index contributed by atoms with van der Waals surface area (Å²) in [7, 11) is 0. The van der Waals surface area contributed by atoms with Gasteiger partial charge in [-0.05, 0) is 5.56 Å². The normalized spacial score (nSPS) is 15.3. The third-order valence-electron chi connectivity index (χ3n) is 4.68. The van der Waals surface area contributed by atoms with Gasteiger partial charge in [0.1, 0.15) is 5.71 Å². The zero-order valence-corrected chi connectivity index (χ0v) is 16.4. The highest BCUT2D eigenvalue weighted by molar-refractivity contribution is 6.52. The zero-order chi connectivity index (χ0) is 20.2. The monoisotopic (exact) mass is 398 g/mol. The summed E-state index contributed by atoms with van der Waals surface area (Å²) in [4.78, 5) is 0. The Bertz CT molecular complexity index is 1100. The van der Waals surface area contributed by atoms with E-state index in [2.05, 4.69) is 0 Å². The van der Waals surface area contributed by atoms with Crippen molar-refractivity contribution in [1.29, 1.82) is 10.8 Å². The molecule has 1 aliphatic heterocycles.